The molecular formula is C12H16O3. The van der Waals surface area contributed by atoms with Crippen molar-refractivity contribution in [3.8, 4) is 5.75 Å². The molecule has 0 aliphatic rings. The largest absolute Gasteiger partial charge is 0.490 e. The number of esters is 1. The maximum Gasteiger partial charge on any atom is 0.303 e. The van der Waals surface area contributed by atoms with Crippen molar-refractivity contribution in [2.75, 3.05) is 6.61 Å². The van der Waals surface area contributed by atoms with E-state index in [1.807, 2.05) is 37.3 Å². The van der Waals surface area contributed by atoms with Gasteiger partial charge in [-0.15, -0.1) is 0 Å². The second kappa shape index (κ2) is 6.06. The lowest BCUT2D eigenvalue weighted by Gasteiger charge is -2.15. The van der Waals surface area contributed by atoms with Gasteiger partial charge in [-0.2, -0.15) is 0 Å². The molecule has 0 radical (unpaired) electrons. The zero-order valence-electron chi connectivity index (χ0n) is 9.10. The van der Waals surface area contributed by atoms with Crippen molar-refractivity contribution in [2.24, 2.45) is 0 Å². The summed E-state index contributed by atoms with van der Waals surface area (Å²) in [6.45, 7) is 3.77. The summed E-state index contributed by atoms with van der Waals surface area (Å²) in [5.74, 6) is 0.529. The summed E-state index contributed by atoms with van der Waals surface area (Å²) in [6.07, 6.45) is 0.592. The molecule has 0 saturated carbocycles. The number of benzene rings is 1. The molecule has 0 heterocycles. The number of carbonyl (C=O) groups is 1. The third-order valence-electron chi connectivity index (χ3n) is 1.97. The van der Waals surface area contributed by atoms with Crippen molar-refractivity contribution >= 4 is 5.97 Å². The van der Waals surface area contributed by atoms with Crippen molar-refractivity contribution in [1.82, 2.24) is 0 Å². The number of rotatable bonds is 5. The number of carbonyl (C=O) groups excluding carboxylic acids is 1. The average Bonchev–Trinajstić information content (AvgIpc) is 2.25. The van der Waals surface area contributed by atoms with E-state index in [1.54, 1.807) is 0 Å². The molecule has 3 nitrogen and oxygen atoms in total. The van der Waals surface area contributed by atoms with Gasteiger partial charge in [-0.05, 0) is 18.6 Å². The van der Waals surface area contributed by atoms with E-state index in [0.717, 1.165) is 12.2 Å². The minimum atomic E-state index is -0.265. The van der Waals surface area contributed by atoms with E-state index in [9.17, 15) is 4.79 Å². The van der Waals surface area contributed by atoms with Crippen LogP contribution < -0.4 is 4.74 Å². The Labute approximate surface area is 90.0 Å². The van der Waals surface area contributed by atoms with Gasteiger partial charge in [0.1, 0.15) is 18.5 Å². The smallest absolute Gasteiger partial charge is 0.303 e. The van der Waals surface area contributed by atoms with Crippen LogP contribution in [0.1, 0.15) is 20.3 Å². The Morgan fingerprint density at radius 1 is 1.33 bits per heavy atom. The Morgan fingerprint density at radius 3 is 2.53 bits per heavy atom. The molecule has 0 fully saturated rings. The highest BCUT2D eigenvalue weighted by Crippen LogP contribution is 2.10. The third-order valence-corrected chi connectivity index (χ3v) is 1.97. The first-order valence-corrected chi connectivity index (χ1v) is 5.07. The fourth-order valence-corrected chi connectivity index (χ4v) is 1.18. The molecule has 3 heteroatoms. The molecule has 15 heavy (non-hydrogen) atoms. The number of para-hydroxylation sites is 1. The molecule has 82 valence electrons. The lowest BCUT2D eigenvalue weighted by Crippen LogP contribution is -2.23. The van der Waals surface area contributed by atoms with Crippen molar-refractivity contribution < 1.29 is 14.3 Å². The SMILES string of the molecule is CC[C@@H](COc1ccccc1)OC(C)=O. The van der Waals surface area contributed by atoms with Crippen LogP contribution in [0.4, 0.5) is 0 Å². The molecular weight excluding hydrogens is 192 g/mol. The topological polar surface area (TPSA) is 35.5 Å². The Bertz CT molecular complexity index is 295. The van der Waals surface area contributed by atoms with Crippen LogP contribution in [0.25, 0.3) is 0 Å². The minimum Gasteiger partial charge on any atom is -0.490 e. The minimum absolute atomic E-state index is 0.164. The van der Waals surface area contributed by atoms with Gasteiger partial charge in [-0.3, -0.25) is 4.79 Å². The summed E-state index contributed by atoms with van der Waals surface area (Å²) in [6, 6.07) is 9.49. The maximum absolute atomic E-state index is 10.7. The predicted octanol–water partition coefficient (Wildman–Crippen LogP) is 2.41. The van der Waals surface area contributed by atoms with Crippen LogP contribution in [-0.2, 0) is 9.53 Å². The summed E-state index contributed by atoms with van der Waals surface area (Å²) in [7, 11) is 0. The fraction of sp³-hybridized carbons (Fsp3) is 0.417. The number of hydrogen-bond acceptors (Lipinski definition) is 3. The second-order valence-electron chi connectivity index (χ2n) is 3.26. The first-order valence-electron chi connectivity index (χ1n) is 5.07. The van der Waals surface area contributed by atoms with Gasteiger partial charge in [-0.25, -0.2) is 0 Å². The zero-order valence-corrected chi connectivity index (χ0v) is 9.10. The molecule has 0 unspecified atom stereocenters. The average molecular weight is 208 g/mol. The first kappa shape index (κ1) is 11.6. The lowest BCUT2D eigenvalue weighted by molar-refractivity contribution is -0.147. The summed E-state index contributed by atoms with van der Waals surface area (Å²) < 4.78 is 10.5. The van der Waals surface area contributed by atoms with E-state index in [4.69, 9.17) is 9.47 Å². The van der Waals surface area contributed by atoms with Gasteiger partial charge in [0.05, 0.1) is 0 Å². The van der Waals surface area contributed by atoms with Gasteiger partial charge >= 0.3 is 5.97 Å². The van der Waals surface area contributed by atoms with Gasteiger partial charge in [0, 0.05) is 6.92 Å². The Hall–Kier alpha value is -1.51. The highest BCUT2D eigenvalue weighted by molar-refractivity contribution is 5.66. The Morgan fingerprint density at radius 2 is 2.00 bits per heavy atom. The quantitative estimate of drug-likeness (QED) is 0.697. The molecule has 0 spiro atoms. The van der Waals surface area contributed by atoms with Gasteiger partial charge < -0.3 is 9.47 Å². The van der Waals surface area contributed by atoms with Crippen molar-refractivity contribution in [3.63, 3.8) is 0 Å². The van der Waals surface area contributed by atoms with E-state index >= 15 is 0 Å². The first-order chi connectivity index (χ1) is 7.22. The van der Waals surface area contributed by atoms with Crippen LogP contribution in [0.5, 0.6) is 5.75 Å². The second-order valence-corrected chi connectivity index (χ2v) is 3.26. The summed E-state index contributed by atoms with van der Waals surface area (Å²) >= 11 is 0. The predicted molar refractivity (Wildman–Crippen MR) is 57.8 cm³/mol. The van der Waals surface area contributed by atoms with Crippen LogP contribution in [0, 0.1) is 0 Å². The third kappa shape index (κ3) is 4.49. The van der Waals surface area contributed by atoms with Crippen LogP contribution in [0.2, 0.25) is 0 Å². The van der Waals surface area contributed by atoms with Crippen molar-refractivity contribution in [1.29, 1.82) is 0 Å². The van der Waals surface area contributed by atoms with Gasteiger partial charge in [0.15, 0.2) is 0 Å². The normalized spacial score (nSPS) is 11.9. The van der Waals surface area contributed by atoms with E-state index < -0.39 is 0 Å². The molecule has 1 aromatic rings. The maximum atomic E-state index is 10.7. The molecule has 0 aromatic heterocycles. The van der Waals surface area contributed by atoms with Crippen LogP contribution in [0.3, 0.4) is 0 Å². The summed E-state index contributed by atoms with van der Waals surface area (Å²) in [4.78, 5) is 10.7. The molecule has 0 aliphatic heterocycles. The highest BCUT2D eigenvalue weighted by Gasteiger charge is 2.09. The standard InChI is InChI=1S/C12H16O3/c1-3-11(15-10(2)13)9-14-12-7-5-4-6-8-12/h4-8,11H,3,9H2,1-2H3/t11-/m0/s1. The number of hydrogen-bond donors (Lipinski definition) is 0. The van der Waals surface area contributed by atoms with Crippen LogP contribution in [0.15, 0.2) is 30.3 Å². The molecule has 0 N–H and O–H groups in total. The van der Waals surface area contributed by atoms with E-state index in [2.05, 4.69) is 0 Å². The van der Waals surface area contributed by atoms with E-state index in [-0.39, 0.29) is 12.1 Å². The molecule has 1 rings (SSSR count). The zero-order chi connectivity index (χ0) is 11.1. The van der Waals surface area contributed by atoms with Crippen molar-refractivity contribution in [3.05, 3.63) is 30.3 Å². The van der Waals surface area contributed by atoms with Crippen molar-refractivity contribution in [2.45, 2.75) is 26.4 Å². The van der Waals surface area contributed by atoms with Gasteiger partial charge in [0.2, 0.25) is 0 Å². The molecule has 0 saturated heterocycles. The molecule has 0 amide bonds. The highest BCUT2D eigenvalue weighted by atomic mass is 16.6. The van der Waals surface area contributed by atoms with Gasteiger partial charge in [0.25, 0.3) is 0 Å². The van der Waals surface area contributed by atoms with Crippen LogP contribution in [-0.4, -0.2) is 18.7 Å². The van der Waals surface area contributed by atoms with E-state index in [1.165, 1.54) is 6.92 Å². The number of ether oxygens (including phenoxy) is 2. The lowest BCUT2D eigenvalue weighted by atomic mass is 10.3. The van der Waals surface area contributed by atoms with E-state index in [0.29, 0.717) is 6.61 Å². The fourth-order valence-electron chi connectivity index (χ4n) is 1.18. The summed E-state index contributed by atoms with van der Waals surface area (Å²) in [5, 5.41) is 0. The molecule has 1 atom stereocenters. The molecule has 0 aliphatic carbocycles. The Balaban J connectivity index is 2.37. The molecule has 1 aromatic carbocycles. The Kier molecular flexibility index (Phi) is 4.68. The van der Waals surface area contributed by atoms with Crippen LogP contribution >= 0.6 is 0 Å². The van der Waals surface area contributed by atoms with Gasteiger partial charge in [-0.1, -0.05) is 25.1 Å². The molecule has 0 bridgehead atoms. The monoisotopic (exact) mass is 208 g/mol. The summed E-state index contributed by atoms with van der Waals surface area (Å²) in [5.41, 5.74) is 0.